The number of nitrogens with zero attached hydrogens (tertiary/aromatic N) is 2. The van der Waals surface area contributed by atoms with Gasteiger partial charge in [-0.15, -0.1) is 0 Å². The normalized spacial score (nSPS) is 17.6. The molecule has 1 unspecified atom stereocenters. The average molecular weight is 395 g/mol. The minimum absolute atomic E-state index is 0.0300. The fourth-order valence-corrected chi connectivity index (χ4v) is 3.46. The van der Waals surface area contributed by atoms with Gasteiger partial charge in [-0.05, 0) is 30.2 Å². The van der Waals surface area contributed by atoms with Crippen molar-refractivity contribution in [3.63, 3.8) is 0 Å². The number of alkyl halides is 3. The third-order valence-corrected chi connectivity index (χ3v) is 4.81. The van der Waals surface area contributed by atoms with Gasteiger partial charge in [0.1, 0.15) is 0 Å². The highest BCUT2D eigenvalue weighted by atomic mass is 19.4. The van der Waals surface area contributed by atoms with Gasteiger partial charge in [0.15, 0.2) is 0 Å². The van der Waals surface area contributed by atoms with E-state index in [1.807, 2.05) is 4.90 Å². The third-order valence-electron chi connectivity index (χ3n) is 4.81. The smallest absolute Gasteiger partial charge is 0.391 e. The van der Waals surface area contributed by atoms with Crippen LogP contribution in [0.1, 0.15) is 23.1 Å². The zero-order valence-corrected chi connectivity index (χ0v) is 14.9. The Labute approximate surface area is 159 Å². The number of nitrogens with one attached hydrogen (secondary N) is 1. The molecule has 0 aliphatic carbocycles. The number of nitro groups is 1. The topological polar surface area (TPSA) is 78.6 Å². The predicted octanol–water partition coefficient (Wildman–Crippen LogP) is 3.79. The summed E-state index contributed by atoms with van der Waals surface area (Å²) in [6, 6.07) is 10.0. The molecule has 0 aromatic heterocycles. The van der Waals surface area contributed by atoms with Gasteiger partial charge in [-0.25, -0.2) is 0 Å². The molecule has 6 nitrogen and oxygen atoms in total. The van der Waals surface area contributed by atoms with Gasteiger partial charge in [-0.2, -0.15) is 13.2 Å². The van der Waals surface area contributed by atoms with Crippen LogP contribution in [0.15, 0.2) is 42.5 Å². The summed E-state index contributed by atoms with van der Waals surface area (Å²) in [5.41, 5.74) is 0.223. The van der Waals surface area contributed by atoms with Crippen LogP contribution in [-0.4, -0.2) is 34.1 Å². The zero-order valence-electron chi connectivity index (χ0n) is 14.9. The van der Waals surface area contributed by atoms with Crippen molar-refractivity contribution in [1.29, 1.82) is 0 Å². The number of likely N-dealkylation sites (tertiary alicyclic amines) is 1. The maximum absolute atomic E-state index is 13.1. The lowest BCUT2D eigenvalue weighted by atomic mass is 10.1. The van der Waals surface area contributed by atoms with Crippen LogP contribution in [0.3, 0.4) is 0 Å². The van der Waals surface area contributed by atoms with Crippen LogP contribution in [-0.2, 0) is 19.3 Å². The molecule has 3 rings (SSSR count). The average Bonchev–Trinajstić information content (AvgIpc) is 3.08. The number of hydrogen-bond acceptors (Lipinski definition) is 5. The number of benzene rings is 2. The van der Waals surface area contributed by atoms with Gasteiger partial charge < -0.3 is 10.4 Å². The van der Waals surface area contributed by atoms with E-state index in [1.165, 1.54) is 24.3 Å². The Bertz CT molecular complexity index is 858. The Balaban J connectivity index is 1.66. The van der Waals surface area contributed by atoms with E-state index in [1.54, 1.807) is 12.1 Å². The van der Waals surface area contributed by atoms with Crippen LogP contribution >= 0.6 is 0 Å². The minimum Gasteiger partial charge on any atom is -0.391 e. The van der Waals surface area contributed by atoms with E-state index in [9.17, 15) is 28.4 Å². The van der Waals surface area contributed by atoms with Crippen molar-refractivity contribution in [2.75, 3.05) is 18.4 Å². The van der Waals surface area contributed by atoms with Gasteiger partial charge in [0.25, 0.3) is 5.69 Å². The third kappa shape index (κ3) is 4.60. The van der Waals surface area contributed by atoms with E-state index in [0.717, 1.165) is 6.07 Å². The second kappa shape index (κ2) is 8.15. The van der Waals surface area contributed by atoms with Crippen LogP contribution in [0.5, 0.6) is 0 Å². The quantitative estimate of drug-likeness (QED) is 0.575. The van der Waals surface area contributed by atoms with E-state index < -0.39 is 23.3 Å². The fourth-order valence-electron chi connectivity index (χ4n) is 3.46. The summed E-state index contributed by atoms with van der Waals surface area (Å²) in [5.74, 6) is 0. The highest BCUT2D eigenvalue weighted by Gasteiger charge is 2.34. The Kier molecular flexibility index (Phi) is 5.85. The van der Waals surface area contributed by atoms with Crippen molar-refractivity contribution >= 4 is 11.4 Å². The monoisotopic (exact) mass is 395 g/mol. The lowest BCUT2D eigenvalue weighted by Gasteiger charge is -2.20. The maximum Gasteiger partial charge on any atom is 0.416 e. The van der Waals surface area contributed by atoms with Crippen LogP contribution in [0.25, 0.3) is 0 Å². The number of rotatable bonds is 6. The van der Waals surface area contributed by atoms with Crippen LogP contribution in [0.4, 0.5) is 24.5 Å². The first-order valence-corrected chi connectivity index (χ1v) is 8.80. The molecular weight excluding hydrogens is 375 g/mol. The maximum atomic E-state index is 13.1. The van der Waals surface area contributed by atoms with Crippen molar-refractivity contribution in [1.82, 2.24) is 4.90 Å². The Morgan fingerprint density at radius 3 is 2.64 bits per heavy atom. The number of nitro benzene ring substituents is 1. The van der Waals surface area contributed by atoms with E-state index in [-0.39, 0.29) is 29.4 Å². The molecular formula is C19H20F3N3O3. The SMILES string of the molecule is O=[N+]([O-])c1cc(NC2CCN(Cc3ccccc3C(F)(F)F)C2)ccc1CO. The minimum atomic E-state index is -4.39. The molecule has 0 radical (unpaired) electrons. The number of aliphatic hydroxyl groups is 1. The molecule has 9 heteroatoms. The molecule has 1 aliphatic rings. The van der Waals surface area contributed by atoms with E-state index in [0.29, 0.717) is 25.2 Å². The van der Waals surface area contributed by atoms with E-state index >= 15 is 0 Å². The van der Waals surface area contributed by atoms with Crippen molar-refractivity contribution in [3.8, 4) is 0 Å². The van der Waals surface area contributed by atoms with Gasteiger partial charge >= 0.3 is 6.18 Å². The summed E-state index contributed by atoms with van der Waals surface area (Å²) >= 11 is 0. The second-order valence-electron chi connectivity index (χ2n) is 6.78. The van der Waals surface area contributed by atoms with Crippen molar-refractivity contribution in [3.05, 3.63) is 69.3 Å². The van der Waals surface area contributed by atoms with Crippen molar-refractivity contribution < 1.29 is 23.2 Å². The summed E-state index contributed by atoms with van der Waals surface area (Å²) in [4.78, 5) is 12.5. The summed E-state index contributed by atoms with van der Waals surface area (Å²) in [6.07, 6.45) is -3.68. The summed E-state index contributed by atoms with van der Waals surface area (Å²) < 4.78 is 39.4. The Hall–Kier alpha value is -2.65. The highest BCUT2D eigenvalue weighted by molar-refractivity contribution is 5.55. The van der Waals surface area contributed by atoms with Gasteiger partial charge in [-0.3, -0.25) is 15.0 Å². The standard InChI is InChI=1S/C19H20F3N3O3/c20-19(21,22)17-4-2-1-3-13(17)10-24-8-7-16(11-24)23-15-6-5-14(12-26)18(9-15)25(27)28/h1-6,9,16,23,26H,7-8,10-12H2. The largest absolute Gasteiger partial charge is 0.416 e. The molecule has 2 N–H and O–H groups in total. The zero-order chi connectivity index (χ0) is 20.3. The first-order valence-electron chi connectivity index (χ1n) is 8.80. The number of hydrogen-bond donors (Lipinski definition) is 2. The van der Waals surface area contributed by atoms with E-state index in [2.05, 4.69) is 5.32 Å². The van der Waals surface area contributed by atoms with Crippen LogP contribution < -0.4 is 5.32 Å². The van der Waals surface area contributed by atoms with E-state index in [4.69, 9.17) is 0 Å². The van der Waals surface area contributed by atoms with Gasteiger partial charge in [0.2, 0.25) is 0 Å². The first kappa shape index (κ1) is 20.1. The predicted molar refractivity (Wildman–Crippen MR) is 97.8 cm³/mol. The van der Waals surface area contributed by atoms with Crippen LogP contribution in [0, 0.1) is 10.1 Å². The van der Waals surface area contributed by atoms with Crippen molar-refractivity contribution in [2.45, 2.75) is 31.8 Å². The molecule has 1 atom stereocenters. The molecule has 150 valence electrons. The summed E-state index contributed by atoms with van der Waals surface area (Å²) in [6.45, 7) is 0.923. The molecule has 0 saturated carbocycles. The van der Waals surface area contributed by atoms with Gasteiger partial charge in [0.05, 0.1) is 22.7 Å². The number of anilines is 1. The number of halogens is 3. The van der Waals surface area contributed by atoms with Crippen LogP contribution in [0.2, 0.25) is 0 Å². The molecule has 1 heterocycles. The van der Waals surface area contributed by atoms with Gasteiger partial charge in [0, 0.05) is 37.4 Å². The molecule has 0 bridgehead atoms. The summed E-state index contributed by atoms with van der Waals surface area (Å²) in [7, 11) is 0. The molecule has 1 aliphatic heterocycles. The molecule has 2 aromatic carbocycles. The summed E-state index contributed by atoms with van der Waals surface area (Å²) in [5, 5.41) is 23.5. The molecule has 1 saturated heterocycles. The number of aliphatic hydroxyl groups excluding tert-OH is 1. The first-order chi connectivity index (χ1) is 13.3. The fraction of sp³-hybridized carbons (Fsp3) is 0.368. The Morgan fingerprint density at radius 2 is 1.96 bits per heavy atom. The highest BCUT2D eigenvalue weighted by Crippen LogP contribution is 2.33. The molecule has 2 aromatic rings. The lowest BCUT2D eigenvalue weighted by molar-refractivity contribution is -0.385. The molecule has 0 spiro atoms. The molecule has 0 amide bonds. The molecule has 28 heavy (non-hydrogen) atoms. The Morgan fingerprint density at radius 1 is 1.21 bits per heavy atom. The van der Waals surface area contributed by atoms with Crippen molar-refractivity contribution in [2.24, 2.45) is 0 Å². The second-order valence-corrected chi connectivity index (χ2v) is 6.78. The van der Waals surface area contributed by atoms with Gasteiger partial charge in [-0.1, -0.05) is 18.2 Å². The lowest BCUT2D eigenvalue weighted by Crippen LogP contribution is -2.27. The molecule has 1 fully saturated rings.